The third kappa shape index (κ3) is 7.25. The minimum atomic E-state index is 0.853. The predicted octanol–water partition coefficient (Wildman–Crippen LogP) is 3.76. The second-order valence-electron chi connectivity index (χ2n) is 5.57. The Morgan fingerprint density at radius 2 is 2.16 bits per heavy atom. The molecule has 1 aromatic rings. The first-order valence-electron chi connectivity index (χ1n) is 8.80. The predicted molar refractivity (Wildman–Crippen MR) is 109 cm³/mol. The Hall–Kier alpha value is -2.56. The van der Waals surface area contributed by atoms with Crippen molar-refractivity contribution in [1.29, 1.82) is 0 Å². The van der Waals surface area contributed by atoms with Crippen LogP contribution in [0.5, 0.6) is 0 Å². The number of pyridine rings is 1. The number of aromatic nitrogens is 1. The van der Waals surface area contributed by atoms with Gasteiger partial charge in [-0.1, -0.05) is 13.0 Å². The average molecular weight is 342 g/mol. The van der Waals surface area contributed by atoms with Gasteiger partial charge in [0.05, 0.1) is 17.6 Å². The van der Waals surface area contributed by atoms with Crippen molar-refractivity contribution in [3.63, 3.8) is 0 Å². The summed E-state index contributed by atoms with van der Waals surface area (Å²) < 4.78 is 0. The summed E-state index contributed by atoms with van der Waals surface area (Å²) in [6, 6.07) is 2.07. The lowest BCUT2D eigenvalue weighted by molar-refractivity contribution is 0.760. The Morgan fingerprint density at radius 1 is 1.36 bits per heavy atom. The topological polar surface area (TPSA) is 61.3 Å². The van der Waals surface area contributed by atoms with Crippen LogP contribution in [0.25, 0.3) is 0 Å². The molecule has 5 heteroatoms. The van der Waals surface area contributed by atoms with Gasteiger partial charge in [0.25, 0.3) is 0 Å². The van der Waals surface area contributed by atoms with Gasteiger partial charge in [0.2, 0.25) is 0 Å². The van der Waals surface area contributed by atoms with E-state index >= 15 is 0 Å². The molecule has 25 heavy (non-hydrogen) atoms. The maximum Gasteiger partial charge on any atom is 0.122 e. The number of anilines is 1. The summed E-state index contributed by atoms with van der Waals surface area (Å²) >= 11 is 0. The highest BCUT2D eigenvalue weighted by atomic mass is 15.0. The van der Waals surface area contributed by atoms with Gasteiger partial charge < -0.3 is 16.0 Å². The monoisotopic (exact) mass is 341 g/mol. The van der Waals surface area contributed by atoms with Crippen LogP contribution in [-0.2, 0) is 0 Å². The van der Waals surface area contributed by atoms with Crippen molar-refractivity contribution in [3.05, 3.63) is 60.3 Å². The first kappa shape index (κ1) is 20.5. The summed E-state index contributed by atoms with van der Waals surface area (Å²) in [7, 11) is 1.89. The van der Waals surface area contributed by atoms with E-state index < -0.39 is 0 Å². The standard InChI is InChI=1S/C20H31N5/c1-6-9-12-22-13-10-19(25-20(8-3)23-11-7-2)18-14-17(21-5)15-24-16(18)4/h6,8,10,13-15,21-23H,1,7,9,11-12H2,2-5H3/b13-10+,20-8+,25-19+. The molecule has 1 rings (SSSR count). The molecule has 0 aliphatic carbocycles. The third-order valence-electron chi connectivity index (χ3n) is 3.57. The van der Waals surface area contributed by atoms with Crippen LogP contribution in [0, 0.1) is 6.92 Å². The molecule has 136 valence electrons. The number of nitrogens with zero attached hydrogens (tertiary/aromatic N) is 2. The maximum absolute atomic E-state index is 4.81. The molecule has 0 atom stereocenters. The average Bonchev–Trinajstić information content (AvgIpc) is 2.64. The van der Waals surface area contributed by atoms with Gasteiger partial charge in [-0.05, 0) is 51.1 Å². The normalized spacial score (nSPS) is 12.3. The minimum absolute atomic E-state index is 0.853. The Kier molecular flexibility index (Phi) is 9.75. The number of hydrogen-bond acceptors (Lipinski definition) is 5. The van der Waals surface area contributed by atoms with Crippen LogP contribution in [-0.4, -0.2) is 30.8 Å². The number of rotatable bonds is 11. The highest BCUT2D eigenvalue weighted by Gasteiger charge is 2.08. The largest absolute Gasteiger partial charge is 0.391 e. The summed E-state index contributed by atoms with van der Waals surface area (Å²) in [4.78, 5) is 9.28. The van der Waals surface area contributed by atoms with Crippen molar-refractivity contribution in [2.24, 2.45) is 4.99 Å². The Morgan fingerprint density at radius 3 is 2.80 bits per heavy atom. The second kappa shape index (κ2) is 11.9. The van der Waals surface area contributed by atoms with Gasteiger partial charge in [0.1, 0.15) is 5.82 Å². The Balaban J connectivity index is 3.16. The molecule has 0 fully saturated rings. The molecule has 3 N–H and O–H groups in total. The minimum Gasteiger partial charge on any atom is -0.391 e. The molecule has 0 amide bonds. The second-order valence-corrected chi connectivity index (χ2v) is 5.57. The van der Waals surface area contributed by atoms with E-state index in [0.717, 1.165) is 54.4 Å². The zero-order chi connectivity index (χ0) is 18.5. The highest BCUT2D eigenvalue weighted by Crippen LogP contribution is 2.15. The fourth-order valence-corrected chi connectivity index (χ4v) is 2.11. The van der Waals surface area contributed by atoms with Gasteiger partial charge in [-0.15, -0.1) is 6.58 Å². The fourth-order valence-electron chi connectivity index (χ4n) is 2.11. The Labute approximate surface area is 152 Å². The number of aliphatic imine (C=N–C) groups is 1. The van der Waals surface area contributed by atoms with E-state index in [-0.39, 0.29) is 0 Å². The van der Waals surface area contributed by atoms with E-state index in [4.69, 9.17) is 4.99 Å². The fraction of sp³-hybridized carbons (Fsp3) is 0.400. The molecule has 0 unspecified atom stereocenters. The van der Waals surface area contributed by atoms with Crippen LogP contribution < -0.4 is 16.0 Å². The van der Waals surface area contributed by atoms with Gasteiger partial charge in [-0.25, -0.2) is 4.99 Å². The van der Waals surface area contributed by atoms with Crippen molar-refractivity contribution < 1.29 is 0 Å². The van der Waals surface area contributed by atoms with Crippen molar-refractivity contribution in [2.45, 2.75) is 33.6 Å². The molecule has 0 saturated carbocycles. The highest BCUT2D eigenvalue weighted by molar-refractivity contribution is 6.10. The summed E-state index contributed by atoms with van der Waals surface area (Å²) in [5, 5.41) is 9.75. The first-order chi connectivity index (χ1) is 12.2. The zero-order valence-corrected chi connectivity index (χ0v) is 15.9. The van der Waals surface area contributed by atoms with Gasteiger partial charge in [0.15, 0.2) is 0 Å². The Bertz CT molecular complexity index is 629. The number of hydrogen-bond donors (Lipinski definition) is 3. The molecular formula is C20H31N5. The molecule has 1 aromatic heterocycles. The van der Waals surface area contributed by atoms with Crippen LogP contribution >= 0.6 is 0 Å². The van der Waals surface area contributed by atoms with Gasteiger partial charge in [-0.3, -0.25) is 4.98 Å². The van der Waals surface area contributed by atoms with Crippen LogP contribution in [0.3, 0.4) is 0 Å². The lowest BCUT2D eigenvalue weighted by atomic mass is 10.1. The lowest BCUT2D eigenvalue weighted by Crippen LogP contribution is -2.15. The van der Waals surface area contributed by atoms with Gasteiger partial charge in [-0.2, -0.15) is 0 Å². The number of allylic oxidation sites excluding steroid dienone is 2. The van der Waals surface area contributed by atoms with Crippen LogP contribution in [0.4, 0.5) is 5.69 Å². The van der Waals surface area contributed by atoms with Crippen molar-refractivity contribution in [3.8, 4) is 0 Å². The molecule has 0 aromatic carbocycles. The van der Waals surface area contributed by atoms with Crippen LogP contribution in [0.1, 0.15) is 37.9 Å². The summed E-state index contributed by atoms with van der Waals surface area (Å²) in [6.07, 6.45) is 11.6. The zero-order valence-electron chi connectivity index (χ0n) is 15.9. The molecule has 1 heterocycles. The van der Waals surface area contributed by atoms with Gasteiger partial charge in [0, 0.05) is 31.4 Å². The van der Waals surface area contributed by atoms with E-state index in [1.165, 1.54) is 0 Å². The smallest absolute Gasteiger partial charge is 0.122 e. The molecular weight excluding hydrogens is 310 g/mol. The molecule has 0 aliphatic heterocycles. The van der Waals surface area contributed by atoms with E-state index in [9.17, 15) is 0 Å². The van der Waals surface area contributed by atoms with E-state index in [1.807, 2.05) is 51.5 Å². The molecule has 5 nitrogen and oxygen atoms in total. The summed E-state index contributed by atoms with van der Waals surface area (Å²) in [5.74, 6) is 0.863. The number of nitrogens with one attached hydrogen (secondary N) is 3. The molecule has 0 aliphatic rings. The van der Waals surface area contributed by atoms with Crippen LogP contribution in [0.2, 0.25) is 0 Å². The third-order valence-corrected chi connectivity index (χ3v) is 3.57. The van der Waals surface area contributed by atoms with E-state index in [1.54, 1.807) is 0 Å². The summed E-state index contributed by atoms with van der Waals surface area (Å²) in [5.41, 5.74) is 3.78. The quantitative estimate of drug-likeness (QED) is 0.326. The van der Waals surface area contributed by atoms with Crippen molar-refractivity contribution in [2.75, 3.05) is 25.5 Å². The van der Waals surface area contributed by atoms with E-state index in [0.29, 0.717) is 0 Å². The van der Waals surface area contributed by atoms with Crippen molar-refractivity contribution in [1.82, 2.24) is 15.6 Å². The maximum atomic E-state index is 4.81. The molecule has 0 radical (unpaired) electrons. The van der Waals surface area contributed by atoms with Crippen molar-refractivity contribution >= 4 is 11.4 Å². The van der Waals surface area contributed by atoms with E-state index in [2.05, 4.69) is 40.5 Å². The SMILES string of the molecule is C=CCCN/C=C/C(=N\C(=C\C)NCCC)c1cc(NC)cnc1C. The van der Waals surface area contributed by atoms with Gasteiger partial charge >= 0.3 is 0 Å². The lowest BCUT2D eigenvalue weighted by Gasteiger charge is -2.11. The first-order valence-corrected chi connectivity index (χ1v) is 8.80. The molecule has 0 bridgehead atoms. The molecule has 0 saturated heterocycles. The molecule has 0 spiro atoms. The summed E-state index contributed by atoms with van der Waals surface area (Å²) in [6.45, 7) is 11.6. The number of aryl methyl sites for hydroxylation is 1. The van der Waals surface area contributed by atoms with Crippen LogP contribution in [0.15, 0.2) is 54.1 Å².